The van der Waals surface area contributed by atoms with Crippen LogP contribution in [0.5, 0.6) is 0 Å². The lowest BCUT2D eigenvalue weighted by Gasteiger charge is -1.91. The summed E-state index contributed by atoms with van der Waals surface area (Å²) in [5.41, 5.74) is 2.55. The van der Waals surface area contributed by atoms with Gasteiger partial charge in [-0.25, -0.2) is 0 Å². The molecule has 0 bridgehead atoms. The van der Waals surface area contributed by atoms with Crippen molar-refractivity contribution in [2.24, 2.45) is 0 Å². The van der Waals surface area contributed by atoms with Crippen molar-refractivity contribution in [2.75, 3.05) is 0 Å². The Bertz CT molecular complexity index is 387. The summed E-state index contributed by atoms with van der Waals surface area (Å²) in [5, 5.41) is 6.25. The summed E-state index contributed by atoms with van der Waals surface area (Å²) >= 11 is 3.21. The van der Waals surface area contributed by atoms with Crippen molar-refractivity contribution >= 4 is 29.0 Å². The van der Waals surface area contributed by atoms with Crippen molar-refractivity contribution in [2.45, 2.75) is 6.42 Å². The molecule has 0 saturated carbocycles. The molecule has 2 heterocycles. The second-order valence-electron chi connectivity index (χ2n) is 2.78. The molecule has 0 N–H and O–H groups in total. The SMILES string of the molecule is O=Cc1cc(Cc2ccsc2)cs1. The highest BCUT2D eigenvalue weighted by molar-refractivity contribution is 7.11. The first-order valence-corrected chi connectivity index (χ1v) is 5.74. The van der Waals surface area contributed by atoms with Crippen molar-refractivity contribution in [1.82, 2.24) is 0 Å². The molecule has 2 aromatic heterocycles. The molecule has 66 valence electrons. The van der Waals surface area contributed by atoms with E-state index in [1.807, 2.05) is 11.4 Å². The van der Waals surface area contributed by atoms with Gasteiger partial charge < -0.3 is 0 Å². The minimum atomic E-state index is 0.810. The number of hydrogen-bond acceptors (Lipinski definition) is 3. The molecule has 0 aliphatic rings. The monoisotopic (exact) mass is 208 g/mol. The zero-order chi connectivity index (χ0) is 9.10. The van der Waals surface area contributed by atoms with Crippen LogP contribution in [-0.2, 0) is 6.42 Å². The Labute approximate surface area is 84.7 Å². The Kier molecular flexibility index (Phi) is 2.57. The van der Waals surface area contributed by atoms with Crippen LogP contribution in [0.4, 0.5) is 0 Å². The average molecular weight is 208 g/mol. The minimum absolute atomic E-state index is 0.810. The molecule has 2 aromatic rings. The molecule has 0 aliphatic heterocycles. The van der Waals surface area contributed by atoms with E-state index in [2.05, 4.69) is 16.8 Å². The zero-order valence-electron chi connectivity index (χ0n) is 6.90. The highest BCUT2D eigenvalue weighted by Gasteiger charge is 2.00. The first kappa shape index (κ1) is 8.66. The maximum atomic E-state index is 10.4. The van der Waals surface area contributed by atoms with Gasteiger partial charge >= 0.3 is 0 Å². The fourth-order valence-electron chi connectivity index (χ4n) is 1.18. The Balaban J connectivity index is 2.14. The summed E-state index contributed by atoms with van der Waals surface area (Å²) in [7, 11) is 0. The third-order valence-corrected chi connectivity index (χ3v) is 3.42. The molecule has 0 amide bonds. The number of aldehydes is 1. The molecular weight excluding hydrogens is 200 g/mol. The lowest BCUT2D eigenvalue weighted by Crippen LogP contribution is -1.80. The Hall–Kier alpha value is -0.930. The van der Waals surface area contributed by atoms with Crippen molar-refractivity contribution < 1.29 is 4.79 Å². The van der Waals surface area contributed by atoms with Crippen LogP contribution in [0.3, 0.4) is 0 Å². The first-order chi connectivity index (χ1) is 6.38. The fraction of sp³-hybridized carbons (Fsp3) is 0.100. The summed E-state index contributed by atoms with van der Waals surface area (Å²) in [6.07, 6.45) is 1.84. The van der Waals surface area contributed by atoms with Crippen LogP contribution in [0.2, 0.25) is 0 Å². The number of carbonyl (C=O) groups is 1. The lowest BCUT2D eigenvalue weighted by atomic mass is 10.1. The van der Waals surface area contributed by atoms with Gasteiger partial charge in [-0.15, -0.1) is 11.3 Å². The molecule has 0 atom stereocenters. The maximum Gasteiger partial charge on any atom is 0.160 e. The van der Waals surface area contributed by atoms with Gasteiger partial charge in [0.1, 0.15) is 0 Å². The van der Waals surface area contributed by atoms with Gasteiger partial charge in [0.05, 0.1) is 4.88 Å². The summed E-state index contributed by atoms with van der Waals surface area (Å²) in [6, 6.07) is 4.07. The van der Waals surface area contributed by atoms with Crippen molar-refractivity contribution in [3.63, 3.8) is 0 Å². The molecule has 0 radical (unpaired) electrons. The van der Waals surface area contributed by atoms with Crippen molar-refractivity contribution in [3.05, 3.63) is 44.3 Å². The highest BCUT2D eigenvalue weighted by atomic mass is 32.1. The van der Waals surface area contributed by atoms with E-state index in [4.69, 9.17) is 0 Å². The first-order valence-electron chi connectivity index (χ1n) is 3.92. The number of rotatable bonds is 3. The third-order valence-electron chi connectivity index (χ3n) is 1.78. The van der Waals surface area contributed by atoms with Gasteiger partial charge in [0.25, 0.3) is 0 Å². The third kappa shape index (κ3) is 2.05. The van der Waals surface area contributed by atoms with Gasteiger partial charge in [-0.3, -0.25) is 4.79 Å². The van der Waals surface area contributed by atoms with Gasteiger partial charge in [0.15, 0.2) is 6.29 Å². The summed E-state index contributed by atoms with van der Waals surface area (Å²) in [5.74, 6) is 0. The Morgan fingerprint density at radius 3 is 2.85 bits per heavy atom. The predicted molar refractivity (Wildman–Crippen MR) is 56.8 cm³/mol. The molecule has 1 nitrogen and oxygen atoms in total. The van der Waals surface area contributed by atoms with E-state index in [1.54, 1.807) is 11.3 Å². The average Bonchev–Trinajstić information content (AvgIpc) is 2.76. The molecule has 0 aromatic carbocycles. The van der Waals surface area contributed by atoms with E-state index in [9.17, 15) is 4.79 Å². The van der Waals surface area contributed by atoms with Crippen molar-refractivity contribution in [3.8, 4) is 0 Å². The van der Waals surface area contributed by atoms with Crippen LogP contribution < -0.4 is 0 Å². The minimum Gasteiger partial charge on any atom is -0.297 e. The van der Waals surface area contributed by atoms with Gasteiger partial charge in [0, 0.05) is 0 Å². The number of carbonyl (C=O) groups excluding carboxylic acids is 1. The quantitative estimate of drug-likeness (QED) is 0.708. The molecule has 3 heteroatoms. The van der Waals surface area contributed by atoms with Gasteiger partial charge in [-0.2, -0.15) is 11.3 Å². The molecular formula is C10H8OS2. The fourth-order valence-corrected chi connectivity index (χ4v) is 2.56. The Morgan fingerprint density at radius 2 is 2.23 bits per heavy atom. The van der Waals surface area contributed by atoms with E-state index in [1.165, 1.54) is 22.5 Å². The van der Waals surface area contributed by atoms with Crippen LogP contribution >= 0.6 is 22.7 Å². The van der Waals surface area contributed by atoms with Crippen LogP contribution in [0.1, 0.15) is 20.8 Å². The lowest BCUT2D eigenvalue weighted by molar-refractivity contribution is 0.112. The maximum absolute atomic E-state index is 10.4. The molecule has 0 aliphatic carbocycles. The molecule has 0 saturated heterocycles. The van der Waals surface area contributed by atoms with Crippen LogP contribution in [0.25, 0.3) is 0 Å². The van der Waals surface area contributed by atoms with E-state index in [0.29, 0.717) is 0 Å². The topological polar surface area (TPSA) is 17.1 Å². The number of thiophene rings is 2. The van der Waals surface area contributed by atoms with E-state index < -0.39 is 0 Å². The highest BCUT2D eigenvalue weighted by Crippen LogP contribution is 2.17. The van der Waals surface area contributed by atoms with Crippen LogP contribution in [0.15, 0.2) is 28.3 Å². The molecule has 13 heavy (non-hydrogen) atoms. The predicted octanol–water partition coefficient (Wildman–Crippen LogP) is 3.21. The van der Waals surface area contributed by atoms with E-state index in [0.717, 1.165) is 17.6 Å². The summed E-state index contributed by atoms with van der Waals surface area (Å²) in [6.45, 7) is 0. The summed E-state index contributed by atoms with van der Waals surface area (Å²) < 4.78 is 0. The Morgan fingerprint density at radius 1 is 1.31 bits per heavy atom. The summed E-state index contributed by atoms with van der Waals surface area (Å²) in [4.78, 5) is 11.2. The van der Waals surface area contributed by atoms with Crippen molar-refractivity contribution in [1.29, 1.82) is 0 Å². The molecule has 0 unspecified atom stereocenters. The molecule has 0 fully saturated rings. The van der Waals surface area contributed by atoms with Crippen LogP contribution in [-0.4, -0.2) is 6.29 Å². The second kappa shape index (κ2) is 3.85. The van der Waals surface area contributed by atoms with Gasteiger partial charge in [-0.1, -0.05) is 0 Å². The van der Waals surface area contributed by atoms with E-state index >= 15 is 0 Å². The second-order valence-corrected chi connectivity index (χ2v) is 4.51. The van der Waals surface area contributed by atoms with E-state index in [-0.39, 0.29) is 0 Å². The molecule has 2 rings (SSSR count). The molecule has 0 spiro atoms. The standard InChI is InChI=1S/C10H8OS2/c11-5-10-4-9(7-13-10)3-8-1-2-12-6-8/h1-2,4-7H,3H2. The largest absolute Gasteiger partial charge is 0.297 e. The van der Waals surface area contributed by atoms with Gasteiger partial charge in [0.2, 0.25) is 0 Å². The smallest absolute Gasteiger partial charge is 0.160 e. The number of hydrogen-bond donors (Lipinski definition) is 0. The zero-order valence-corrected chi connectivity index (χ0v) is 8.53. The van der Waals surface area contributed by atoms with Gasteiger partial charge in [-0.05, 0) is 45.8 Å². The normalized spacial score (nSPS) is 10.2. The van der Waals surface area contributed by atoms with Crippen LogP contribution in [0, 0.1) is 0 Å².